The molecule has 0 spiro atoms. The first kappa shape index (κ1) is 29.9. The number of amides is 1. The van der Waals surface area contributed by atoms with Crippen molar-refractivity contribution in [3.63, 3.8) is 0 Å². The number of nitrogens with zero attached hydrogens (tertiary/aromatic N) is 9. The van der Waals surface area contributed by atoms with E-state index in [4.69, 9.17) is 19.6 Å². The van der Waals surface area contributed by atoms with Gasteiger partial charge in [-0.05, 0) is 42.0 Å². The molecule has 1 amide bonds. The minimum absolute atomic E-state index is 0.0622. The lowest BCUT2D eigenvalue weighted by atomic mass is 10.0. The van der Waals surface area contributed by atoms with Crippen molar-refractivity contribution in [3.05, 3.63) is 84.8 Å². The summed E-state index contributed by atoms with van der Waals surface area (Å²) >= 11 is 0. The monoisotopic (exact) mass is 648 g/mol. The van der Waals surface area contributed by atoms with Crippen LogP contribution in [0, 0.1) is 0 Å². The zero-order valence-electron chi connectivity index (χ0n) is 26.4. The minimum atomic E-state index is -0.744. The van der Waals surface area contributed by atoms with Crippen LogP contribution in [0.4, 0.5) is 11.6 Å². The number of hydrogen-bond acceptors (Lipinski definition) is 11. The number of rotatable bonds is 9. The first-order valence-corrected chi connectivity index (χ1v) is 16.2. The molecule has 14 nitrogen and oxygen atoms in total. The standard InChI is InChI=1S/C34H36N10O4/c35-34-38-32-27(31-37-30(39-44(31)34)28-7-4-19-48-28)23-36-43(32)29(24-5-2-1-3-6-24)33(45)42-14-12-41(13-15-42)25-8-10-26(11-9-25)47-22-18-40-16-20-46-21-17-40/h1-11,19,23,29H,12-18,20-22H2,(H2,35,38). The Kier molecular flexibility index (Phi) is 8.08. The summed E-state index contributed by atoms with van der Waals surface area (Å²) in [5, 5.41) is 9.80. The number of ether oxygens (including phenoxy) is 2. The van der Waals surface area contributed by atoms with E-state index < -0.39 is 6.04 Å². The number of benzene rings is 2. The number of carbonyl (C=O) groups excluding carboxylic acids is 1. The molecule has 6 heterocycles. The molecule has 2 aliphatic rings. The second-order valence-electron chi connectivity index (χ2n) is 11.9. The van der Waals surface area contributed by atoms with Crippen molar-refractivity contribution in [1.29, 1.82) is 0 Å². The third kappa shape index (κ3) is 5.80. The molecule has 2 saturated heterocycles. The van der Waals surface area contributed by atoms with Gasteiger partial charge in [0.2, 0.25) is 11.8 Å². The molecule has 8 rings (SSSR count). The predicted octanol–water partition coefficient (Wildman–Crippen LogP) is 2.97. The molecule has 2 aliphatic heterocycles. The van der Waals surface area contributed by atoms with Gasteiger partial charge in [0.15, 0.2) is 23.1 Å². The first-order valence-electron chi connectivity index (χ1n) is 16.2. The van der Waals surface area contributed by atoms with Crippen molar-refractivity contribution < 1.29 is 18.7 Å². The molecular formula is C34H36N10O4. The average Bonchev–Trinajstić information content (AvgIpc) is 3.91. The van der Waals surface area contributed by atoms with Gasteiger partial charge in [0, 0.05) is 51.5 Å². The molecule has 4 aromatic heterocycles. The Balaban J connectivity index is 0.989. The van der Waals surface area contributed by atoms with Crippen LogP contribution in [-0.2, 0) is 9.53 Å². The SMILES string of the molecule is Nc1nc2c(cnn2C(C(=O)N2CCN(c3ccc(OCCN4CCOCC4)cc3)CC2)c2ccccc2)c2nc(-c3ccco3)nn12. The lowest BCUT2D eigenvalue weighted by Crippen LogP contribution is -2.51. The van der Waals surface area contributed by atoms with E-state index in [0.29, 0.717) is 61.1 Å². The molecule has 0 aliphatic carbocycles. The molecule has 48 heavy (non-hydrogen) atoms. The minimum Gasteiger partial charge on any atom is -0.492 e. The van der Waals surface area contributed by atoms with Gasteiger partial charge in [0.1, 0.15) is 12.4 Å². The number of morpholine rings is 1. The number of furan rings is 1. The second-order valence-corrected chi connectivity index (χ2v) is 11.9. The van der Waals surface area contributed by atoms with Gasteiger partial charge in [0.05, 0.1) is 31.1 Å². The largest absolute Gasteiger partial charge is 0.492 e. The van der Waals surface area contributed by atoms with Gasteiger partial charge in [-0.25, -0.2) is 9.67 Å². The summed E-state index contributed by atoms with van der Waals surface area (Å²) < 4.78 is 20.0. The molecule has 14 heteroatoms. The van der Waals surface area contributed by atoms with Gasteiger partial charge in [0.25, 0.3) is 5.91 Å². The van der Waals surface area contributed by atoms with Gasteiger partial charge in [-0.15, -0.1) is 5.10 Å². The number of aromatic nitrogens is 6. The summed E-state index contributed by atoms with van der Waals surface area (Å²) in [5.41, 5.74) is 9.21. The van der Waals surface area contributed by atoms with Crippen LogP contribution < -0.4 is 15.4 Å². The van der Waals surface area contributed by atoms with Crippen molar-refractivity contribution in [3.8, 4) is 17.3 Å². The fourth-order valence-corrected chi connectivity index (χ4v) is 6.38. The maximum Gasteiger partial charge on any atom is 0.252 e. The Hall–Kier alpha value is -5.47. The average molecular weight is 649 g/mol. The Morgan fingerprint density at radius 3 is 2.44 bits per heavy atom. The molecule has 1 atom stereocenters. The van der Waals surface area contributed by atoms with Crippen LogP contribution in [0.2, 0.25) is 0 Å². The zero-order chi connectivity index (χ0) is 32.5. The van der Waals surface area contributed by atoms with E-state index in [1.807, 2.05) is 47.4 Å². The number of hydrogen-bond donors (Lipinski definition) is 1. The van der Waals surface area contributed by atoms with Crippen molar-refractivity contribution in [2.45, 2.75) is 6.04 Å². The van der Waals surface area contributed by atoms with Crippen molar-refractivity contribution in [2.24, 2.45) is 0 Å². The molecular weight excluding hydrogens is 612 g/mol. The van der Waals surface area contributed by atoms with E-state index in [9.17, 15) is 4.79 Å². The first-order chi connectivity index (χ1) is 23.6. The number of nitrogen functional groups attached to an aromatic ring is 1. The van der Waals surface area contributed by atoms with E-state index >= 15 is 0 Å². The zero-order valence-corrected chi connectivity index (χ0v) is 26.4. The van der Waals surface area contributed by atoms with Crippen molar-refractivity contribution >= 4 is 34.2 Å². The summed E-state index contributed by atoms with van der Waals surface area (Å²) in [7, 11) is 0. The van der Waals surface area contributed by atoms with Gasteiger partial charge >= 0.3 is 0 Å². The van der Waals surface area contributed by atoms with Crippen LogP contribution in [0.1, 0.15) is 11.6 Å². The fraction of sp³-hybridized carbons (Fsp3) is 0.324. The van der Waals surface area contributed by atoms with E-state index in [0.717, 1.165) is 49.8 Å². The fourth-order valence-electron chi connectivity index (χ4n) is 6.38. The van der Waals surface area contributed by atoms with Crippen LogP contribution in [0.25, 0.3) is 28.3 Å². The summed E-state index contributed by atoms with van der Waals surface area (Å²) in [6.45, 7) is 7.54. The molecule has 6 aromatic rings. The molecule has 0 bridgehead atoms. The van der Waals surface area contributed by atoms with Gasteiger partial charge in [-0.1, -0.05) is 30.3 Å². The third-order valence-corrected chi connectivity index (χ3v) is 8.96. The molecule has 0 saturated carbocycles. The van der Waals surface area contributed by atoms with Gasteiger partial charge in [-0.3, -0.25) is 9.69 Å². The number of carbonyl (C=O) groups is 1. The van der Waals surface area contributed by atoms with Gasteiger partial charge < -0.3 is 29.4 Å². The summed E-state index contributed by atoms with van der Waals surface area (Å²) in [4.78, 5) is 30.2. The van der Waals surface area contributed by atoms with Crippen molar-refractivity contribution in [2.75, 3.05) is 76.3 Å². The molecule has 2 N–H and O–H groups in total. The smallest absolute Gasteiger partial charge is 0.252 e. The molecule has 2 fully saturated rings. The summed E-state index contributed by atoms with van der Waals surface area (Å²) in [5.74, 6) is 1.82. The summed E-state index contributed by atoms with van der Waals surface area (Å²) in [6.07, 6.45) is 3.22. The number of fused-ring (bicyclic) bond motifs is 3. The van der Waals surface area contributed by atoms with Crippen LogP contribution >= 0.6 is 0 Å². The number of nitrogens with two attached hydrogens (primary N) is 1. The van der Waals surface area contributed by atoms with E-state index in [1.54, 1.807) is 29.3 Å². The van der Waals surface area contributed by atoms with Crippen molar-refractivity contribution in [1.82, 2.24) is 39.2 Å². The van der Waals surface area contributed by atoms with E-state index in [-0.39, 0.29) is 11.9 Å². The highest BCUT2D eigenvalue weighted by Crippen LogP contribution is 2.29. The Morgan fingerprint density at radius 1 is 0.896 bits per heavy atom. The Morgan fingerprint density at radius 2 is 1.69 bits per heavy atom. The van der Waals surface area contributed by atoms with Crippen LogP contribution in [0.5, 0.6) is 5.75 Å². The number of anilines is 2. The maximum atomic E-state index is 14.4. The van der Waals surface area contributed by atoms with Crippen LogP contribution in [0.15, 0.2) is 83.6 Å². The third-order valence-electron chi connectivity index (χ3n) is 8.96. The molecule has 1 unspecified atom stereocenters. The highest BCUT2D eigenvalue weighted by Gasteiger charge is 2.33. The molecule has 0 radical (unpaired) electrons. The van der Waals surface area contributed by atoms with Crippen LogP contribution in [0.3, 0.4) is 0 Å². The summed E-state index contributed by atoms with van der Waals surface area (Å²) in [6, 6.07) is 20.6. The molecule has 246 valence electrons. The van der Waals surface area contributed by atoms with E-state index in [2.05, 4.69) is 42.1 Å². The second kappa shape index (κ2) is 13.0. The highest BCUT2D eigenvalue weighted by molar-refractivity contribution is 5.92. The maximum absolute atomic E-state index is 14.4. The highest BCUT2D eigenvalue weighted by atomic mass is 16.5. The van der Waals surface area contributed by atoms with E-state index in [1.165, 1.54) is 4.52 Å². The van der Waals surface area contributed by atoms with Crippen LogP contribution in [-0.4, -0.2) is 111 Å². The normalized spacial score (nSPS) is 16.5. The predicted molar refractivity (Wildman–Crippen MR) is 179 cm³/mol. The lowest BCUT2D eigenvalue weighted by Gasteiger charge is -2.37. The molecule has 2 aromatic carbocycles. The quantitative estimate of drug-likeness (QED) is 0.247. The Bertz CT molecular complexity index is 1990. The Labute approximate surface area is 276 Å². The van der Waals surface area contributed by atoms with Gasteiger partial charge in [-0.2, -0.15) is 14.6 Å². The number of piperazine rings is 1. The topological polar surface area (TPSA) is 145 Å². The lowest BCUT2D eigenvalue weighted by molar-refractivity contribution is -0.134.